The molecule has 1 heterocycles. The van der Waals surface area contributed by atoms with Gasteiger partial charge in [-0.05, 0) is 59.4 Å². The average molecular weight is 400 g/mol. The fraction of sp³-hybridized carbons (Fsp3) is 0.200. The van der Waals surface area contributed by atoms with Crippen molar-refractivity contribution in [2.24, 2.45) is 0 Å². The summed E-state index contributed by atoms with van der Waals surface area (Å²) in [5.41, 5.74) is 3.26. The molecule has 0 saturated heterocycles. The minimum Gasteiger partial charge on any atom is -0.482 e. The quantitative estimate of drug-likeness (QED) is 0.279. The van der Waals surface area contributed by atoms with Gasteiger partial charge in [0, 0.05) is 17.0 Å². The summed E-state index contributed by atoms with van der Waals surface area (Å²) >= 11 is 0. The van der Waals surface area contributed by atoms with E-state index < -0.39 is 11.6 Å². The van der Waals surface area contributed by atoms with Crippen LogP contribution in [0.2, 0.25) is 0 Å². The fourth-order valence-corrected chi connectivity index (χ4v) is 4.11. The Kier molecular flexibility index (Phi) is 4.71. The Balaban J connectivity index is 1.32. The summed E-state index contributed by atoms with van der Waals surface area (Å²) in [6, 6.07) is 18.8. The molecule has 5 heteroatoms. The molecular weight excluding hydrogens is 380 g/mol. The van der Waals surface area contributed by atoms with E-state index in [1.54, 1.807) is 6.07 Å². The molecule has 150 valence electrons. The summed E-state index contributed by atoms with van der Waals surface area (Å²) < 4.78 is 16.4. The first-order valence-electron chi connectivity index (χ1n) is 10.0. The SMILES string of the molecule is O=C(COc1ccc2c(c1)CCC2)OCc1cc(=O)oc2ccc3ccccc3c12. The van der Waals surface area contributed by atoms with Crippen molar-refractivity contribution in [3.05, 3.63) is 87.8 Å². The highest BCUT2D eigenvalue weighted by Gasteiger charge is 2.14. The van der Waals surface area contributed by atoms with Gasteiger partial charge in [-0.25, -0.2) is 9.59 Å². The van der Waals surface area contributed by atoms with Crippen LogP contribution in [0.4, 0.5) is 0 Å². The minimum atomic E-state index is -0.489. The second-order valence-electron chi connectivity index (χ2n) is 7.48. The molecule has 1 aromatic heterocycles. The molecule has 0 saturated carbocycles. The van der Waals surface area contributed by atoms with Gasteiger partial charge in [-0.1, -0.05) is 36.4 Å². The van der Waals surface area contributed by atoms with E-state index in [-0.39, 0.29) is 13.2 Å². The van der Waals surface area contributed by atoms with Crippen LogP contribution in [0.25, 0.3) is 21.7 Å². The maximum absolute atomic E-state index is 12.3. The zero-order valence-electron chi connectivity index (χ0n) is 16.4. The van der Waals surface area contributed by atoms with Gasteiger partial charge in [0.15, 0.2) is 6.61 Å². The summed E-state index contributed by atoms with van der Waals surface area (Å²) in [5, 5.41) is 2.74. The van der Waals surface area contributed by atoms with Crippen molar-refractivity contribution in [1.29, 1.82) is 0 Å². The summed E-state index contributed by atoms with van der Waals surface area (Å²) in [4.78, 5) is 24.2. The first kappa shape index (κ1) is 18.4. The third kappa shape index (κ3) is 3.54. The molecule has 1 aliphatic carbocycles. The number of esters is 1. The minimum absolute atomic E-state index is 0.0253. The van der Waals surface area contributed by atoms with Gasteiger partial charge >= 0.3 is 11.6 Å². The zero-order valence-corrected chi connectivity index (χ0v) is 16.4. The molecule has 0 bridgehead atoms. The van der Waals surface area contributed by atoms with Crippen LogP contribution in [0.5, 0.6) is 5.75 Å². The Morgan fingerprint density at radius 1 is 0.967 bits per heavy atom. The van der Waals surface area contributed by atoms with Gasteiger partial charge in [0.2, 0.25) is 0 Å². The van der Waals surface area contributed by atoms with Crippen LogP contribution in [-0.2, 0) is 29.0 Å². The molecular formula is C25H20O5. The number of fused-ring (bicyclic) bond motifs is 4. The van der Waals surface area contributed by atoms with Crippen molar-refractivity contribution in [1.82, 2.24) is 0 Å². The fourth-order valence-electron chi connectivity index (χ4n) is 4.11. The number of benzene rings is 3. The number of carbonyl (C=O) groups is 1. The van der Waals surface area contributed by atoms with Crippen LogP contribution in [0.3, 0.4) is 0 Å². The lowest BCUT2D eigenvalue weighted by molar-refractivity contribution is -0.147. The molecule has 3 aromatic carbocycles. The van der Waals surface area contributed by atoms with Crippen LogP contribution in [-0.4, -0.2) is 12.6 Å². The first-order valence-corrected chi connectivity index (χ1v) is 10.0. The molecule has 0 spiro atoms. The lowest BCUT2D eigenvalue weighted by Gasteiger charge is -2.11. The topological polar surface area (TPSA) is 65.7 Å². The highest BCUT2D eigenvalue weighted by Crippen LogP contribution is 2.28. The normalized spacial score (nSPS) is 12.8. The Bertz CT molecular complexity index is 1320. The Morgan fingerprint density at radius 3 is 2.77 bits per heavy atom. The van der Waals surface area contributed by atoms with Crippen molar-refractivity contribution in [3.8, 4) is 5.75 Å². The average Bonchev–Trinajstić information content (AvgIpc) is 3.23. The van der Waals surface area contributed by atoms with E-state index in [4.69, 9.17) is 13.9 Å². The standard InChI is InChI=1S/C25H20O5/c26-23-13-19(25-21-7-2-1-4-17(21)9-11-22(25)30-23)14-29-24(27)15-28-20-10-8-16-5-3-6-18(16)12-20/h1-2,4,7-13H,3,5-6,14-15H2. The number of rotatable bonds is 5. The van der Waals surface area contributed by atoms with Crippen LogP contribution in [0.15, 0.2) is 69.9 Å². The zero-order chi connectivity index (χ0) is 20.5. The number of hydrogen-bond donors (Lipinski definition) is 0. The predicted octanol–water partition coefficient (Wildman–Crippen LogP) is 4.56. The van der Waals surface area contributed by atoms with Gasteiger partial charge in [-0.2, -0.15) is 0 Å². The lowest BCUT2D eigenvalue weighted by atomic mass is 10.0. The van der Waals surface area contributed by atoms with Crippen LogP contribution >= 0.6 is 0 Å². The summed E-state index contributed by atoms with van der Waals surface area (Å²) in [5.74, 6) is 0.182. The number of carbonyl (C=O) groups excluding carboxylic acids is 1. The molecule has 0 atom stereocenters. The maximum Gasteiger partial charge on any atom is 0.344 e. The van der Waals surface area contributed by atoms with Gasteiger partial charge in [-0.3, -0.25) is 0 Å². The number of ether oxygens (including phenoxy) is 2. The maximum atomic E-state index is 12.3. The first-order chi connectivity index (χ1) is 14.7. The third-order valence-electron chi connectivity index (χ3n) is 5.53. The molecule has 5 rings (SSSR count). The second-order valence-corrected chi connectivity index (χ2v) is 7.48. The van der Waals surface area contributed by atoms with E-state index in [1.807, 2.05) is 42.5 Å². The number of hydrogen-bond acceptors (Lipinski definition) is 5. The number of aryl methyl sites for hydroxylation is 2. The van der Waals surface area contributed by atoms with E-state index in [0.29, 0.717) is 16.9 Å². The Morgan fingerprint density at radius 2 is 1.83 bits per heavy atom. The van der Waals surface area contributed by atoms with Gasteiger partial charge in [-0.15, -0.1) is 0 Å². The molecule has 1 aliphatic rings. The van der Waals surface area contributed by atoms with Crippen LogP contribution in [0.1, 0.15) is 23.1 Å². The molecule has 0 aliphatic heterocycles. The van der Waals surface area contributed by atoms with Crippen molar-refractivity contribution in [2.75, 3.05) is 6.61 Å². The van der Waals surface area contributed by atoms with Gasteiger partial charge in [0.1, 0.15) is 17.9 Å². The van der Waals surface area contributed by atoms with Crippen LogP contribution in [0, 0.1) is 0 Å². The van der Waals surface area contributed by atoms with Crippen LogP contribution < -0.4 is 10.4 Å². The molecule has 4 aromatic rings. The van der Waals surface area contributed by atoms with Crippen molar-refractivity contribution in [2.45, 2.75) is 25.9 Å². The van der Waals surface area contributed by atoms with Crippen molar-refractivity contribution >= 4 is 27.7 Å². The Hall–Kier alpha value is -3.60. The molecule has 0 unspecified atom stereocenters. The van der Waals surface area contributed by atoms with E-state index in [2.05, 4.69) is 6.07 Å². The molecule has 0 radical (unpaired) electrons. The predicted molar refractivity (Wildman–Crippen MR) is 114 cm³/mol. The molecule has 0 amide bonds. The van der Waals surface area contributed by atoms with Gasteiger partial charge < -0.3 is 13.9 Å². The monoisotopic (exact) mass is 400 g/mol. The largest absolute Gasteiger partial charge is 0.482 e. The highest BCUT2D eigenvalue weighted by molar-refractivity contribution is 6.07. The molecule has 0 fully saturated rings. The Labute approximate surface area is 172 Å². The molecule has 30 heavy (non-hydrogen) atoms. The summed E-state index contributed by atoms with van der Waals surface area (Å²) in [7, 11) is 0. The van der Waals surface area contributed by atoms with E-state index in [1.165, 1.54) is 17.2 Å². The third-order valence-corrected chi connectivity index (χ3v) is 5.53. The van der Waals surface area contributed by atoms with Gasteiger partial charge in [0.05, 0.1) is 0 Å². The molecule has 0 N–H and O–H groups in total. The van der Waals surface area contributed by atoms with Crippen molar-refractivity contribution in [3.63, 3.8) is 0 Å². The highest BCUT2D eigenvalue weighted by atomic mass is 16.6. The molecule has 5 nitrogen and oxygen atoms in total. The van der Waals surface area contributed by atoms with Gasteiger partial charge in [0.25, 0.3) is 0 Å². The lowest BCUT2D eigenvalue weighted by Crippen LogP contribution is -2.15. The van der Waals surface area contributed by atoms with E-state index in [9.17, 15) is 9.59 Å². The summed E-state index contributed by atoms with van der Waals surface area (Å²) in [6.45, 7) is -0.207. The van der Waals surface area contributed by atoms with E-state index in [0.717, 1.165) is 35.4 Å². The smallest absolute Gasteiger partial charge is 0.344 e. The van der Waals surface area contributed by atoms with E-state index >= 15 is 0 Å². The summed E-state index contributed by atoms with van der Waals surface area (Å²) in [6.07, 6.45) is 3.31. The second kappa shape index (κ2) is 7.67. The van der Waals surface area contributed by atoms with Crippen molar-refractivity contribution < 1.29 is 18.7 Å².